The average molecular weight is 350 g/mol. The molecule has 1 amide bonds. The number of ether oxygens (including phenoxy) is 1. The summed E-state index contributed by atoms with van der Waals surface area (Å²) >= 11 is 0. The van der Waals surface area contributed by atoms with Crippen molar-refractivity contribution < 1.29 is 18.8 Å². The number of rotatable bonds is 5. The Labute approximate surface area is 150 Å². The normalized spacial score (nSPS) is 10.4. The first-order valence-electron chi connectivity index (χ1n) is 8.06. The molecule has 132 valence electrons. The Balaban J connectivity index is 1.63. The van der Waals surface area contributed by atoms with Crippen LogP contribution in [0.5, 0.6) is 0 Å². The summed E-state index contributed by atoms with van der Waals surface area (Å²) in [6, 6.07) is 15.9. The highest BCUT2D eigenvalue weighted by Crippen LogP contribution is 2.20. The van der Waals surface area contributed by atoms with Crippen LogP contribution >= 0.6 is 0 Å². The molecule has 1 aromatic heterocycles. The molecule has 6 nitrogen and oxygen atoms in total. The molecular formula is C20H18N2O4. The summed E-state index contributed by atoms with van der Waals surface area (Å²) in [7, 11) is 1.34. The van der Waals surface area contributed by atoms with Crippen LogP contribution in [0.25, 0.3) is 11.3 Å². The summed E-state index contributed by atoms with van der Waals surface area (Å²) in [5.41, 5.74) is 3.58. The van der Waals surface area contributed by atoms with Crippen LogP contribution in [0.1, 0.15) is 32.0 Å². The van der Waals surface area contributed by atoms with Crippen LogP contribution < -0.4 is 5.32 Å². The lowest BCUT2D eigenvalue weighted by Gasteiger charge is -2.03. The van der Waals surface area contributed by atoms with E-state index in [9.17, 15) is 9.59 Å². The zero-order chi connectivity index (χ0) is 18.5. The minimum absolute atomic E-state index is 0.176. The molecule has 0 fully saturated rings. The number of aryl methyl sites for hydroxylation is 1. The predicted molar refractivity (Wildman–Crippen MR) is 95.6 cm³/mol. The molecule has 0 atom stereocenters. The number of hydrogen-bond acceptors (Lipinski definition) is 5. The van der Waals surface area contributed by atoms with E-state index in [0.29, 0.717) is 22.6 Å². The number of benzene rings is 2. The third-order valence-corrected chi connectivity index (χ3v) is 3.90. The Morgan fingerprint density at radius 2 is 1.69 bits per heavy atom. The molecule has 0 spiro atoms. The van der Waals surface area contributed by atoms with Crippen LogP contribution in [0, 0.1) is 6.92 Å². The van der Waals surface area contributed by atoms with E-state index < -0.39 is 5.97 Å². The van der Waals surface area contributed by atoms with E-state index >= 15 is 0 Å². The van der Waals surface area contributed by atoms with Crippen molar-refractivity contribution in [1.29, 1.82) is 0 Å². The first-order chi connectivity index (χ1) is 12.6. The van der Waals surface area contributed by atoms with Gasteiger partial charge < -0.3 is 14.6 Å². The van der Waals surface area contributed by atoms with E-state index in [4.69, 9.17) is 4.52 Å². The van der Waals surface area contributed by atoms with Crippen molar-refractivity contribution in [3.63, 3.8) is 0 Å². The van der Waals surface area contributed by atoms with E-state index in [2.05, 4.69) is 15.2 Å². The summed E-state index contributed by atoms with van der Waals surface area (Å²) in [6.07, 6.45) is 0. The third kappa shape index (κ3) is 3.97. The zero-order valence-electron chi connectivity index (χ0n) is 14.5. The molecule has 0 aliphatic rings. The molecule has 1 heterocycles. The van der Waals surface area contributed by atoms with Crippen LogP contribution in [0.15, 0.2) is 59.1 Å². The zero-order valence-corrected chi connectivity index (χ0v) is 14.5. The maximum Gasteiger partial charge on any atom is 0.337 e. The maximum absolute atomic E-state index is 12.1. The number of carbonyl (C=O) groups excluding carboxylic acids is 2. The van der Waals surface area contributed by atoms with Gasteiger partial charge in [-0.1, -0.05) is 35.0 Å². The summed E-state index contributed by atoms with van der Waals surface area (Å²) in [5.74, 6) is -0.0286. The lowest BCUT2D eigenvalue weighted by Crippen LogP contribution is -2.22. The quantitative estimate of drug-likeness (QED) is 0.714. The second kappa shape index (κ2) is 7.65. The fourth-order valence-corrected chi connectivity index (χ4v) is 2.40. The monoisotopic (exact) mass is 350 g/mol. The number of hydrogen-bond donors (Lipinski definition) is 1. The number of nitrogens with one attached hydrogen (secondary N) is 1. The van der Waals surface area contributed by atoms with Gasteiger partial charge in [0.25, 0.3) is 5.91 Å². The standard InChI is InChI=1S/C20H18N2O4/c1-13-3-5-15(6-4-13)19(23)21-12-17-11-18(22-26-17)14-7-9-16(10-8-14)20(24)25-2/h3-11H,12H2,1-2H3,(H,21,23). The van der Waals surface area contributed by atoms with Crippen LogP contribution in [0.2, 0.25) is 0 Å². The fraction of sp³-hybridized carbons (Fsp3) is 0.150. The summed E-state index contributed by atoms with van der Waals surface area (Å²) in [5, 5.41) is 6.80. The van der Waals surface area contributed by atoms with E-state index in [-0.39, 0.29) is 12.5 Å². The van der Waals surface area contributed by atoms with Gasteiger partial charge in [-0.3, -0.25) is 4.79 Å². The minimum Gasteiger partial charge on any atom is -0.465 e. The number of aromatic nitrogens is 1. The Kier molecular flexibility index (Phi) is 5.12. The molecule has 3 rings (SSSR count). The Morgan fingerprint density at radius 3 is 2.35 bits per heavy atom. The van der Waals surface area contributed by atoms with Crippen molar-refractivity contribution in [3.8, 4) is 11.3 Å². The van der Waals surface area contributed by atoms with Crippen LogP contribution in [-0.4, -0.2) is 24.1 Å². The predicted octanol–water partition coefficient (Wildman–Crippen LogP) is 3.37. The highest BCUT2D eigenvalue weighted by Gasteiger charge is 2.11. The van der Waals surface area contributed by atoms with Crippen molar-refractivity contribution >= 4 is 11.9 Å². The highest BCUT2D eigenvalue weighted by atomic mass is 16.5. The largest absolute Gasteiger partial charge is 0.465 e. The van der Waals surface area contributed by atoms with Gasteiger partial charge in [0.1, 0.15) is 5.69 Å². The van der Waals surface area contributed by atoms with Crippen molar-refractivity contribution in [3.05, 3.63) is 77.0 Å². The van der Waals surface area contributed by atoms with Gasteiger partial charge in [0, 0.05) is 17.2 Å². The highest BCUT2D eigenvalue weighted by molar-refractivity contribution is 5.94. The van der Waals surface area contributed by atoms with Crippen molar-refractivity contribution in [1.82, 2.24) is 10.5 Å². The number of amides is 1. The molecule has 26 heavy (non-hydrogen) atoms. The summed E-state index contributed by atoms with van der Waals surface area (Å²) in [6.45, 7) is 2.20. The number of nitrogens with zero attached hydrogens (tertiary/aromatic N) is 1. The SMILES string of the molecule is COC(=O)c1ccc(-c2cc(CNC(=O)c3ccc(C)cc3)on2)cc1. The lowest BCUT2D eigenvalue weighted by molar-refractivity contribution is 0.0600. The number of esters is 1. The first kappa shape index (κ1) is 17.4. The van der Waals surface area contributed by atoms with Gasteiger partial charge in [0.05, 0.1) is 19.2 Å². The molecule has 3 aromatic rings. The van der Waals surface area contributed by atoms with Gasteiger partial charge >= 0.3 is 5.97 Å². The van der Waals surface area contributed by atoms with Crippen molar-refractivity contribution in [2.75, 3.05) is 7.11 Å². The lowest BCUT2D eigenvalue weighted by atomic mass is 10.1. The number of carbonyl (C=O) groups is 2. The third-order valence-electron chi connectivity index (χ3n) is 3.90. The van der Waals surface area contributed by atoms with Crippen molar-refractivity contribution in [2.45, 2.75) is 13.5 Å². The van der Waals surface area contributed by atoms with Crippen LogP contribution in [0.4, 0.5) is 0 Å². The van der Waals surface area contributed by atoms with E-state index in [1.165, 1.54) is 7.11 Å². The second-order valence-corrected chi connectivity index (χ2v) is 5.80. The van der Waals surface area contributed by atoms with E-state index in [0.717, 1.165) is 11.1 Å². The van der Waals surface area contributed by atoms with Gasteiger partial charge in [0.15, 0.2) is 5.76 Å². The first-order valence-corrected chi connectivity index (χ1v) is 8.06. The van der Waals surface area contributed by atoms with Gasteiger partial charge in [-0.05, 0) is 31.2 Å². The summed E-state index contributed by atoms with van der Waals surface area (Å²) in [4.78, 5) is 23.6. The molecule has 0 radical (unpaired) electrons. The molecule has 0 aliphatic carbocycles. The fourth-order valence-electron chi connectivity index (χ4n) is 2.40. The molecule has 1 N–H and O–H groups in total. The van der Waals surface area contributed by atoms with Gasteiger partial charge in [-0.15, -0.1) is 0 Å². The molecule has 0 aliphatic heterocycles. The van der Waals surface area contributed by atoms with Crippen LogP contribution in [0.3, 0.4) is 0 Å². The average Bonchev–Trinajstić information content (AvgIpc) is 3.15. The van der Waals surface area contributed by atoms with Crippen LogP contribution in [-0.2, 0) is 11.3 Å². The molecular weight excluding hydrogens is 332 g/mol. The second-order valence-electron chi connectivity index (χ2n) is 5.80. The van der Waals surface area contributed by atoms with E-state index in [1.807, 2.05) is 19.1 Å². The smallest absolute Gasteiger partial charge is 0.337 e. The van der Waals surface area contributed by atoms with Gasteiger partial charge in [-0.2, -0.15) is 0 Å². The molecule has 6 heteroatoms. The van der Waals surface area contributed by atoms with Crippen molar-refractivity contribution in [2.24, 2.45) is 0 Å². The maximum atomic E-state index is 12.1. The molecule has 0 bridgehead atoms. The molecule has 0 unspecified atom stereocenters. The number of methoxy groups -OCH3 is 1. The molecule has 0 saturated heterocycles. The summed E-state index contributed by atoms with van der Waals surface area (Å²) < 4.78 is 9.94. The Bertz CT molecular complexity index is 912. The Hall–Kier alpha value is -3.41. The Morgan fingerprint density at radius 1 is 1.04 bits per heavy atom. The molecule has 2 aromatic carbocycles. The van der Waals surface area contributed by atoms with Gasteiger partial charge in [-0.25, -0.2) is 4.79 Å². The van der Waals surface area contributed by atoms with E-state index in [1.54, 1.807) is 42.5 Å². The minimum atomic E-state index is -0.392. The van der Waals surface area contributed by atoms with Gasteiger partial charge in [0.2, 0.25) is 0 Å². The topological polar surface area (TPSA) is 81.4 Å². The molecule has 0 saturated carbocycles.